The van der Waals surface area contributed by atoms with Crippen LogP contribution < -0.4 is 15.4 Å². The smallest absolute Gasteiger partial charge is 0.191 e. The third kappa shape index (κ3) is 8.93. The fourth-order valence-electron chi connectivity index (χ4n) is 3.11. The number of β-amino-alcohol motifs (C(OH)–C–C–N with tert-alkyl or cyclic N) is 1. The van der Waals surface area contributed by atoms with Crippen molar-refractivity contribution in [3.8, 4) is 5.75 Å². The monoisotopic (exact) mass is 506 g/mol. The van der Waals surface area contributed by atoms with Crippen molar-refractivity contribution < 1.29 is 14.6 Å². The number of hydrogen-bond acceptors (Lipinski definition) is 5. The summed E-state index contributed by atoms with van der Waals surface area (Å²) in [7, 11) is 1.69. The normalized spacial score (nSPS) is 17.4. The Morgan fingerprint density at radius 1 is 1.29 bits per heavy atom. The standard InChI is InChI=1S/C20H34N4O3.HI/c1-4-21-19(22-10-9-17-7-5-6-8-18(17)26-3)23-15-20(2,25)16-24-11-13-27-14-12-24;/h5-8,25H,4,9-16H2,1-3H3,(H2,21,22,23);1H. The summed E-state index contributed by atoms with van der Waals surface area (Å²) in [6.45, 7) is 9.49. The Hall–Kier alpha value is -1.10. The van der Waals surface area contributed by atoms with Crippen molar-refractivity contribution in [3.63, 3.8) is 0 Å². The fraction of sp³-hybridized carbons (Fsp3) is 0.650. The third-order valence-electron chi connectivity index (χ3n) is 4.47. The highest BCUT2D eigenvalue weighted by molar-refractivity contribution is 14.0. The summed E-state index contributed by atoms with van der Waals surface area (Å²) in [6, 6.07) is 8.02. The SMILES string of the molecule is CCNC(=NCC(C)(O)CN1CCOCC1)NCCc1ccccc1OC.I. The lowest BCUT2D eigenvalue weighted by Crippen LogP contribution is -2.48. The number of nitrogens with one attached hydrogen (secondary N) is 2. The van der Waals surface area contributed by atoms with E-state index in [1.54, 1.807) is 7.11 Å². The van der Waals surface area contributed by atoms with E-state index in [2.05, 4.69) is 26.6 Å². The number of benzene rings is 1. The average Bonchev–Trinajstić information content (AvgIpc) is 2.67. The molecule has 1 aromatic carbocycles. The maximum absolute atomic E-state index is 10.7. The lowest BCUT2D eigenvalue weighted by molar-refractivity contribution is -0.0179. The highest BCUT2D eigenvalue weighted by Crippen LogP contribution is 2.17. The van der Waals surface area contributed by atoms with Gasteiger partial charge in [-0.2, -0.15) is 0 Å². The molecule has 0 bridgehead atoms. The van der Waals surface area contributed by atoms with Gasteiger partial charge in [-0.05, 0) is 31.9 Å². The van der Waals surface area contributed by atoms with Crippen LogP contribution in [0.1, 0.15) is 19.4 Å². The van der Waals surface area contributed by atoms with Crippen LogP contribution in [0.2, 0.25) is 0 Å². The number of halogens is 1. The number of aliphatic hydroxyl groups is 1. The number of aliphatic imine (C=N–C) groups is 1. The number of morpholine rings is 1. The molecule has 0 aromatic heterocycles. The van der Waals surface area contributed by atoms with Gasteiger partial charge in [0.2, 0.25) is 0 Å². The first-order chi connectivity index (χ1) is 13.0. The number of rotatable bonds is 9. The summed E-state index contributed by atoms with van der Waals surface area (Å²) in [5, 5.41) is 17.3. The first-order valence-electron chi connectivity index (χ1n) is 9.70. The van der Waals surface area contributed by atoms with Crippen molar-refractivity contribution in [1.82, 2.24) is 15.5 Å². The Kier molecular flexibility index (Phi) is 11.7. The highest BCUT2D eigenvalue weighted by Gasteiger charge is 2.25. The van der Waals surface area contributed by atoms with Crippen LogP contribution in [0.15, 0.2) is 29.3 Å². The second kappa shape index (κ2) is 13.2. The zero-order valence-electron chi connectivity index (χ0n) is 17.2. The quantitative estimate of drug-likeness (QED) is 0.268. The summed E-state index contributed by atoms with van der Waals surface area (Å²) in [5.41, 5.74) is 0.283. The first kappa shape index (κ1) is 24.9. The van der Waals surface area contributed by atoms with E-state index in [-0.39, 0.29) is 24.0 Å². The third-order valence-corrected chi connectivity index (χ3v) is 4.47. The minimum absolute atomic E-state index is 0. The van der Waals surface area contributed by atoms with Gasteiger partial charge in [-0.25, -0.2) is 0 Å². The van der Waals surface area contributed by atoms with Gasteiger partial charge >= 0.3 is 0 Å². The summed E-state index contributed by atoms with van der Waals surface area (Å²) in [4.78, 5) is 6.80. The molecule has 8 heteroatoms. The summed E-state index contributed by atoms with van der Waals surface area (Å²) in [5.74, 6) is 1.62. The lowest BCUT2D eigenvalue weighted by Gasteiger charge is -2.33. The molecule has 1 fully saturated rings. The number of nitrogens with zero attached hydrogens (tertiary/aromatic N) is 2. The minimum atomic E-state index is -0.873. The molecule has 1 aliphatic rings. The molecule has 1 atom stereocenters. The zero-order valence-corrected chi connectivity index (χ0v) is 19.6. The van der Waals surface area contributed by atoms with Gasteiger partial charge in [-0.1, -0.05) is 18.2 Å². The molecule has 0 amide bonds. The molecule has 28 heavy (non-hydrogen) atoms. The fourth-order valence-corrected chi connectivity index (χ4v) is 3.11. The van der Waals surface area contributed by atoms with Gasteiger partial charge in [0.15, 0.2) is 5.96 Å². The molecule has 1 heterocycles. The van der Waals surface area contributed by atoms with E-state index in [4.69, 9.17) is 9.47 Å². The molecule has 3 N–H and O–H groups in total. The summed E-state index contributed by atoms with van der Waals surface area (Å²) in [6.07, 6.45) is 0.832. The Balaban J connectivity index is 0.00000392. The molecular formula is C20H35IN4O3. The Morgan fingerprint density at radius 3 is 2.68 bits per heavy atom. The van der Waals surface area contributed by atoms with Gasteiger partial charge in [0.25, 0.3) is 0 Å². The van der Waals surface area contributed by atoms with Crippen molar-refractivity contribution in [3.05, 3.63) is 29.8 Å². The van der Waals surface area contributed by atoms with Crippen molar-refractivity contribution in [2.24, 2.45) is 4.99 Å². The van der Waals surface area contributed by atoms with Crippen LogP contribution >= 0.6 is 24.0 Å². The molecule has 7 nitrogen and oxygen atoms in total. The van der Waals surface area contributed by atoms with E-state index in [9.17, 15) is 5.11 Å². The van der Waals surface area contributed by atoms with Crippen molar-refractivity contribution >= 4 is 29.9 Å². The van der Waals surface area contributed by atoms with Gasteiger partial charge in [0.1, 0.15) is 5.75 Å². The maximum atomic E-state index is 10.7. The summed E-state index contributed by atoms with van der Waals surface area (Å²) < 4.78 is 10.8. The van der Waals surface area contributed by atoms with Gasteiger partial charge in [0, 0.05) is 32.7 Å². The molecular weight excluding hydrogens is 471 g/mol. The van der Waals surface area contributed by atoms with E-state index < -0.39 is 5.60 Å². The van der Waals surface area contributed by atoms with Crippen LogP contribution in [0.3, 0.4) is 0 Å². The van der Waals surface area contributed by atoms with Crippen LogP contribution in [-0.4, -0.2) is 81.2 Å². The van der Waals surface area contributed by atoms with E-state index >= 15 is 0 Å². The molecule has 0 spiro atoms. The predicted octanol–water partition coefficient (Wildman–Crippen LogP) is 1.49. The van der Waals surface area contributed by atoms with E-state index in [0.717, 1.165) is 63.1 Å². The second-order valence-corrected chi connectivity index (χ2v) is 7.07. The van der Waals surface area contributed by atoms with Gasteiger partial charge in [0.05, 0.1) is 32.5 Å². The number of guanidine groups is 1. The van der Waals surface area contributed by atoms with Crippen LogP contribution in [0.4, 0.5) is 0 Å². The molecule has 1 unspecified atom stereocenters. The van der Waals surface area contributed by atoms with Crippen LogP contribution in [0.5, 0.6) is 5.75 Å². The van der Waals surface area contributed by atoms with Crippen molar-refractivity contribution in [2.45, 2.75) is 25.9 Å². The number of ether oxygens (including phenoxy) is 2. The van der Waals surface area contributed by atoms with Crippen molar-refractivity contribution in [2.75, 3.05) is 59.6 Å². The second-order valence-electron chi connectivity index (χ2n) is 7.07. The van der Waals surface area contributed by atoms with E-state index in [1.165, 1.54) is 0 Å². The minimum Gasteiger partial charge on any atom is -0.496 e. The first-order valence-corrected chi connectivity index (χ1v) is 9.70. The van der Waals surface area contributed by atoms with Crippen molar-refractivity contribution in [1.29, 1.82) is 0 Å². The van der Waals surface area contributed by atoms with E-state index in [1.807, 2.05) is 32.0 Å². The number of para-hydroxylation sites is 1. The largest absolute Gasteiger partial charge is 0.496 e. The van der Waals surface area contributed by atoms with Gasteiger partial charge in [-0.3, -0.25) is 9.89 Å². The summed E-state index contributed by atoms with van der Waals surface area (Å²) >= 11 is 0. The predicted molar refractivity (Wildman–Crippen MR) is 124 cm³/mol. The molecule has 0 saturated carbocycles. The molecule has 160 valence electrons. The van der Waals surface area contributed by atoms with Gasteiger partial charge in [-0.15, -0.1) is 24.0 Å². The van der Waals surface area contributed by atoms with Crippen LogP contribution in [0, 0.1) is 0 Å². The highest BCUT2D eigenvalue weighted by atomic mass is 127. The van der Waals surface area contributed by atoms with Gasteiger partial charge < -0.3 is 25.2 Å². The molecule has 1 aliphatic heterocycles. The molecule has 1 aromatic rings. The number of hydrogen-bond donors (Lipinski definition) is 3. The van der Waals surface area contributed by atoms with Crippen LogP contribution in [-0.2, 0) is 11.2 Å². The van der Waals surface area contributed by atoms with E-state index in [0.29, 0.717) is 13.1 Å². The maximum Gasteiger partial charge on any atom is 0.191 e. The Labute approximate surface area is 185 Å². The molecule has 2 rings (SSSR count). The van der Waals surface area contributed by atoms with Crippen LogP contribution in [0.25, 0.3) is 0 Å². The average molecular weight is 506 g/mol. The lowest BCUT2D eigenvalue weighted by atomic mass is 10.1. The molecule has 1 saturated heterocycles. The zero-order chi connectivity index (χ0) is 19.5. The molecule has 0 radical (unpaired) electrons. The number of methoxy groups -OCH3 is 1. The Bertz CT molecular complexity index is 593. The topological polar surface area (TPSA) is 78.4 Å². The molecule has 0 aliphatic carbocycles. The Morgan fingerprint density at radius 2 is 2.00 bits per heavy atom.